The van der Waals surface area contributed by atoms with Crippen molar-refractivity contribution in [1.29, 1.82) is 0 Å². The van der Waals surface area contributed by atoms with Crippen molar-refractivity contribution in [2.45, 2.75) is 37.4 Å². The molecule has 0 aromatic heterocycles. The fraction of sp³-hybridized carbons (Fsp3) is 1.00. The van der Waals surface area contributed by atoms with E-state index in [1.807, 2.05) is 0 Å². The van der Waals surface area contributed by atoms with Crippen LogP contribution >= 0.6 is 0 Å². The van der Waals surface area contributed by atoms with E-state index in [2.05, 4.69) is 0 Å². The van der Waals surface area contributed by atoms with Crippen LogP contribution in [0.5, 0.6) is 0 Å². The van der Waals surface area contributed by atoms with Gasteiger partial charge in [-0.25, -0.2) is 0 Å². The third kappa shape index (κ3) is 5.61. The lowest BCUT2D eigenvalue weighted by Gasteiger charge is -2.22. The molecule has 1 aliphatic rings. The summed E-state index contributed by atoms with van der Waals surface area (Å²) in [6, 6.07) is 0.0450. The molecule has 0 aliphatic carbocycles. The minimum absolute atomic E-state index is 0.0450. The average molecular weight is 226 g/mol. The highest BCUT2D eigenvalue weighted by molar-refractivity contribution is 6.38. The lowest BCUT2D eigenvalue weighted by Crippen LogP contribution is -2.25. The molecule has 0 aromatic carbocycles. The van der Waals surface area contributed by atoms with Crippen molar-refractivity contribution in [3.05, 3.63) is 0 Å². The van der Waals surface area contributed by atoms with Crippen LogP contribution in [0.15, 0.2) is 0 Å². The lowest BCUT2D eigenvalue weighted by molar-refractivity contribution is -0.159. The second-order valence-corrected chi connectivity index (χ2v) is 4.51. The Morgan fingerprint density at radius 3 is 2.71 bits per heavy atom. The third-order valence-electron chi connectivity index (χ3n) is 1.87. The molecule has 6 heteroatoms. The Balaban J connectivity index is 1.97. The van der Waals surface area contributed by atoms with E-state index in [0.717, 1.165) is 19.3 Å². The molecule has 0 saturated carbocycles. The third-order valence-corrected chi connectivity index (χ3v) is 2.72. The molecule has 0 N–H and O–H groups in total. The Kier molecular flexibility index (Phi) is 4.90. The molecule has 1 unspecified atom stereocenters. The number of alkyl halides is 3. The summed E-state index contributed by atoms with van der Waals surface area (Å²) >= 11 is 0. The predicted molar refractivity (Wildman–Crippen MR) is 46.2 cm³/mol. The van der Waals surface area contributed by atoms with Crippen molar-refractivity contribution >= 4 is 9.52 Å². The van der Waals surface area contributed by atoms with Gasteiger partial charge in [0.2, 0.25) is 0 Å². The fourth-order valence-electron chi connectivity index (χ4n) is 1.23. The highest BCUT2D eigenvalue weighted by atomic mass is 28.2. The minimum Gasteiger partial charge on any atom is -0.353 e. The van der Waals surface area contributed by atoms with Gasteiger partial charge in [-0.3, -0.25) is 0 Å². The Bertz CT molecular complexity index is 157. The molecule has 0 spiro atoms. The first-order valence-electron chi connectivity index (χ1n) is 4.63. The molecule has 14 heavy (non-hydrogen) atoms. The van der Waals surface area contributed by atoms with Crippen molar-refractivity contribution in [1.82, 2.24) is 0 Å². The van der Waals surface area contributed by atoms with E-state index in [4.69, 9.17) is 9.47 Å². The van der Waals surface area contributed by atoms with Crippen LogP contribution < -0.4 is 0 Å². The fourth-order valence-corrected chi connectivity index (χ4v) is 1.73. The molecule has 1 saturated heterocycles. The number of hydrogen-bond donors (Lipinski definition) is 0. The van der Waals surface area contributed by atoms with Crippen LogP contribution in [0.1, 0.15) is 19.3 Å². The average Bonchev–Trinajstić information content (AvgIpc) is 2.13. The Hall–Kier alpha value is -0.0731. The van der Waals surface area contributed by atoms with Gasteiger partial charge in [-0.15, -0.1) is 0 Å². The van der Waals surface area contributed by atoms with Crippen molar-refractivity contribution in [2.75, 3.05) is 13.2 Å². The first-order chi connectivity index (χ1) is 6.58. The molecule has 0 amide bonds. The molecule has 1 atom stereocenters. The molecule has 2 radical (unpaired) electrons. The van der Waals surface area contributed by atoms with Crippen molar-refractivity contribution in [3.63, 3.8) is 0 Å². The van der Waals surface area contributed by atoms with E-state index in [1.54, 1.807) is 0 Å². The Morgan fingerprint density at radius 1 is 1.36 bits per heavy atom. The van der Waals surface area contributed by atoms with E-state index in [1.165, 1.54) is 0 Å². The van der Waals surface area contributed by atoms with Crippen LogP contribution in [0.4, 0.5) is 13.2 Å². The zero-order chi connectivity index (χ0) is 10.4. The quantitative estimate of drug-likeness (QED) is 0.540. The molecule has 0 bridgehead atoms. The number of rotatable bonds is 4. The standard InChI is InChI=1S/C8H13F3O2Si/c9-8(10,11)14-6-5-13-7-3-1-2-4-12-7/h7H,1-6H2. The van der Waals surface area contributed by atoms with E-state index in [-0.39, 0.29) is 18.9 Å². The summed E-state index contributed by atoms with van der Waals surface area (Å²) in [6.45, 7) is 0.800. The van der Waals surface area contributed by atoms with Gasteiger partial charge in [0, 0.05) is 13.2 Å². The SMILES string of the molecule is FC(F)(F)[Si]CCOC1CCCCO1. The van der Waals surface area contributed by atoms with Crippen LogP contribution in [-0.2, 0) is 9.47 Å². The van der Waals surface area contributed by atoms with E-state index in [9.17, 15) is 13.2 Å². The molecule has 1 aliphatic heterocycles. The summed E-state index contributed by atoms with van der Waals surface area (Å²) in [5.74, 6) is -4.04. The van der Waals surface area contributed by atoms with Gasteiger partial charge in [-0.05, 0) is 25.3 Å². The van der Waals surface area contributed by atoms with E-state index in [0.29, 0.717) is 6.61 Å². The van der Waals surface area contributed by atoms with Crippen molar-refractivity contribution < 1.29 is 22.6 Å². The normalized spacial score (nSPS) is 23.8. The Morgan fingerprint density at radius 2 is 2.14 bits per heavy atom. The van der Waals surface area contributed by atoms with Crippen LogP contribution in [0.3, 0.4) is 0 Å². The van der Waals surface area contributed by atoms with Gasteiger partial charge < -0.3 is 9.47 Å². The minimum atomic E-state index is -4.04. The molecule has 2 nitrogen and oxygen atoms in total. The second-order valence-electron chi connectivity index (χ2n) is 3.09. The maximum absolute atomic E-state index is 11.7. The first-order valence-corrected chi connectivity index (χ1v) is 5.83. The van der Waals surface area contributed by atoms with Gasteiger partial charge in [-0.2, -0.15) is 13.2 Å². The molecule has 0 aromatic rings. The maximum Gasteiger partial charge on any atom is 0.357 e. The van der Waals surface area contributed by atoms with Gasteiger partial charge in [0.15, 0.2) is 15.8 Å². The summed E-state index contributed by atoms with van der Waals surface area (Å²) < 4.78 is 45.6. The molecular weight excluding hydrogens is 213 g/mol. The van der Waals surface area contributed by atoms with Crippen LogP contribution in [0.25, 0.3) is 0 Å². The number of ether oxygens (including phenoxy) is 2. The highest BCUT2D eigenvalue weighted by Crippen LogP contribution is 2.16. The molecule has 1 fully saturated rings. The summed E-state index contributed by atoms with van der Waals surface area (Å²) in [6.07, 6.45) is 2.58. The van der Waals surface area contributed by atoms with Crippen LogP contribution in [-0.4, -0.2) is 34.8 Å². The largest absolute Gasteiger partial charge is 0.357 e. The van der Waals surface area contributed by atoms with Gasteiger partial charge in [0.25, 0.3) is 0 Å². The summed E-state index contributed by atoms with van der Waals surface area (Å²) in [5.41, 5.74) is 0. The van der Waals surface area contributed by atoms with Crippen LogP contribution in [0, 0.1) is 0 Å². The maximum atomic E-state index is 11.7. The zero-order valence-corrected chi connectivity index (χ0v) is 8.77. The van der Waals surface area contributed by atoms with Gasteiger partial charge in [0.05, 0.1) is 0 Å². The predicted octanol–water partition coefficient (Wildman–Crippen LogP) is 2.17. The number of hydrogen-bond acceptors (Lipinski definition) is 2. The zero-order valence-electron chi connectivity index (χ0n) is 7.77. The van der Waals surface area contributed by atoms with E-state index < -0.39 is 15.3 Å². The molecule has 1 rings (SSSR count). The van der Waals surface area contributed by atoms with Crippen molar-refractivity contribution in [2.24, 2.45) is 0 Å². The smallest absolute Gasteiger partial charge is 0.353 e. The van der Waals surface area contributed by atoms with Gasteiger partial charge in [0.1, 0.15) is 0 Å². The monoisotopic (exact) mass is 226 g/mol. The van der Waals surface area contributed by atoms with E-state index >= 15 is 0 Å². The van der Waals surface area contributed by atoms with Gasteiger partial charge >= 0.3 is 5.80 Å². The summed E-state index contributed by atoms with van der Waals surface area (Å²) in [5, 5.41) is 0. The highest BCUT2D eigenvalue weighted by Gasteiger charge is 2.27. The Labute approximate surface area is 83.6 Å². The molecular formula is C8H13F3O2Si. The van der Waals surface area contributed by atoms with Crippen molar-refractivity contribution in [3.8, 4) is 0 Å². The lowest BCUT2D eigenvalue weighted by atomic mass is 10.2. The molecule has 82 valence electrons. The second kappa shape index (κ2) is 5.72. The topological polar surface area (TPSA) is 18.5 Å². The van der Waals surface area contributed by atoms with Gasteiger partial charge in [-0.1, -0.05) is 0 Å². The summed E-state index contributed by atoms with van der Waals surface area (Å²) in [4.78, 5) is 0. The first kappa shape index (κ1) is 12.0. The number of halogens is 3. The molecule has 1 heterocycles. The van der Waals surface area contributed by atoms with Crippen LogP contribution in [0.2, 0.25) is 6.04 Å². The summed E-state index contributed by atoms with van der Waals surface area (Å²) in [7, 11) is -1.02.